The molecule has 3 saturated heterocycles. The number of cyclic esters (lactones) is 1. The number of aryl methyl sites for hydroxylation is 1. The second-order valence-corrected chi connectivity index (χ2v) is 19.3. The van der Waals surface area contributed by atoms with Gasteiger partial charge < -0.3 is 29.0 Å². The first-order chi connectivity index (χ1) is 29.0. The number of hydrogen-bond acceptors (Lipinski definition) is 12. The maximum Gasteiger partial charge on any atom is 0.324 e. The van der Waals surface area contributed by atoms with E-state index >= 15 is 0 Å². The Hall–Kier alpha value is -4.41. The minimum Gasteiger partial charge on any atom is -0.464 e. The Balaban J connectivity index is 1.10. The summed E-state index contributed by atoms with van der Waals surface area (Å²) in [5, 5.41) is 8.46. The predicted molar refractivity (Wildman–Crippen MR) is 228 cm³/mol. The number of benzene rings is 1. The number of nitrogens with one attached hydrogen (secondary N) is 2. The standard InChI is InChI=1S/C45H56N8O6S/c1-6-52-35-10-9-26-17-30(35)37-38(41(57-5)39-31(40(37)52)18-27(20-46-39)51-13-12-50-14-15-58-22-28(50)21-51)45(3,4)24-59-44(56)32-8-7-11-53(49-32)43(55)33(19-36-47-34(26)23-60-36)48-42(54)29-16-25(29)2/h9-10,17-18,20,23,25,28-29,32-33,38,41,49H,6-8,11-16,19,21-22,24H2,1-5H3,(H,48,54)/t25-,28-,29-,32-,33-,38?,41-/m0/s1. The normalized spacial score (nSPS) is 29.1. The number of hydrazine groups is 1. The molecule has 15 heteroatoms. The van der Waals surface area contributed by atoms with Gasteiger partial charge in [0.05, 0.1) is 59.8 Å². The first-order valence-corrected chi connectivity index (χ1v) is 22.7. The molecule has 4 fully saturated rings. The first-order valence-electron chi connectivity index (χ1n) is 21.8. The van der Waals surface area contributed by atoms with Crippen LogP contribution in [0.25, 0.3) is 33.4 Å². The highest BCUT2D eigenvalue weighted by Crippen LogP contribution is 2.57. The third kappa shape index (κ3) is 6.90. The molecule has 0 spiro atoms. The van der Waals surface area contributed by atoms with E-state index in [1.54, 1.807) is 7.11 Å². The molecule has 60 heavy (non-hydrogen) atoms. The van der Waals surface area contributed by atoms with Gasteiger partial charge in [-0.3, -0.25) is 29.3 Å². The first kappa shape index (κ1) is 39.7. The predicted octanol–water partition coefficient (Wildman–Crippen LogP) is 4.91. The molecule has 2 aliphatic carbocycles. The van der Waals surface area contributed by atoms with Gasteiger partial charge in [-0.15, -0.1) is 11.3 Å². The molecule has 1 unspecified atom stereocenters. The summed E-state index contributed by atoms with van der Waals surface area (Å²) < 4.78 is 21.1. The molecule has 4 aliphatic heterocycles. The molecular formula is C45H56N8O6S. The van der Waals surface area contributed by atoms with Gasteiger partial charge in [0.25, 0.3) is 5.91 Å². The van der Waals surface area contributed by atoms with Gasteiger partial charge >= 0.3 is 5.97 Å². The van der Waals surface area contributed by atoms with Crippen molar-refractivity contribution in [3.63, 3.8) is 0 Å². The fourth-order valence-corrected chi connectivity index (χ4v) is 11.3. The lowest BCUT2D eigenvalue weighted by Gasteiger charge is -2.45. The number of hydrogen-bond donors (Lipinski definition) is 2. The van der Waals surface area contributed by atoms with E-state index < -0.39 is 29.6 Å². The van der Waals surface area contributed by atoms with Gasteiger partial charge in [0.15, 0.2) is 0 Å². The lowest BCUT2D eigenvalue weighted by molar-refractivity contribution is -0.156. The minimum absolute atomic E-state index is 0.0931. The third-order valence-electron chi connectivity index (χ3n) is 14.0. The number of ether oxygens (including phenoxy) is 3. The fraction of sp³-hybridized carbons (Fsp3) is 0.578. The van der Waals surface area contributed by atoms with Gasteiger partial charge in [-0.25, -0.2) is 10.4 Å². The number of carbonyl (C=O) groups excluding carboxylic acids is 3. The molecule has 1 saturated carbocycles. The Kier molecular flexibility index (Phi) is 10.3. The maximum absolute atomic E-state index is 14.2. The molecule has 6 aliphatic rings. The topological polar surface area (TPSA) is 143 Å². The molecule has 1 aromatic carbocycles. The van der Waals surface area contributed by atoms with Crippen molar-refractivity contribution in [1.29, 1.82) is 0 Å². The van der Waals surface area contributed by atoms with Crippen LogP contribution in [0.1, 0.15) is 75.2 Å². The number of rotatable bonds is 5. The second-order valence-electron chi connectivity index (χ2n) is 18.3. The van der Waals surface area contributed by atoms with Gasteiger partial charge in [0, 0.05) is 97.5 Å². The van der Waals surface area contributed by atoms with Crippen LogP contribution in [-0.2, 0) is 41.6 Å². The van der Waals surface area contributed by atoms with Gasteiger partial charge in [-0.05, 0) is 55.9 Å². The van der Waals surface area contributed by atoms with Crippen molar-refractivity contribution in [1.82, 2.24) is 35.2 Å². The molecule has 3 aromatic heterocycles. The smallest absolute Gasteiger partial charge is 0.324 e. The van der Waals surface area contributed by atoms with E-state index in [0.717, 1.165) is 108 Å². The van der Waals surface area contributed by atoms with Crippen molar-refractivity contribution < 1.29 is 28.6 Å². The summed E-state index contributed by atoms with van der Waals surface area (Å²) in [5.41, 5.74) is 10.7. The zero-order chi connectivity index (χ0) is 41.4. The van der Waals surface area contributed by atoms with Crippen LogP contribution in [0.4, 0.5) is 5.69 Å². The minimum atomic E-state index is -0.831. The number of nitrogens with zero attached hydrogens (tertiary/aromatic N) is 6. The number of esters is 1. The van der Waals surface area contributed by atoms with Crippen LogP contribution in [0.15, 0.2) is 35.8 Å². The van der Waals surface area contributed by atoms with Crippen LogP contribution in [0.3, 0.4) is 0 Å². The average Bonchev–Trinajstić information content (AvgIpc) is 3.67. The fourth-order valence-electron chi connectivity index (χ4n) is 10.5. The maximum atomic E-state index is 14.2. The summed E-state index contributed by atoms with van der Waals surface area (Å²) in [4.78, 5) is 56.8. The summed E-state index contributed by atoms with van der Waals surface area (Å²) in [5.74, 6) is -0.844. The molecule has 14 nitrogen and oxygen atoms in total. The Labute approximate surface area is 354 Å². The van der Waals surface area contributed by atoms with Crippen LogP contribution in [0.2, 0.25) is 0 Å². The number of amides is 2. The molecule has 7 heterocycles. The summed E-state index contributed by atoms with van der Waals surface area (Å²) in [7, 11) is 1.75. The zero-order valence-corrected chi connectivity index (χ0v) is 36.1. The van der Waals surface area contributed by atoms with Gasteiger partial charge in [0.1, 0.15) is 18.2 Å². The van der Waals surface area contributed by atoms with Crippen molar-refractivity contribution in [3.8, 4) is 22.5 Å². The molecule has 318 valence electrons. The van der Waals surface area contributed by atoms with Crippen LogP contribution < -0.4 is 15.6 Å². The van der Waals surface area contributed by atoms with E-state index in [1.165, 1.54) is 16.3 Å². The molecular weight excluding hydrogens is 781 g/mol. The highest BCUT2D eigenvalue weighted by atomic mass is 32.1. The number of fused-ring (bicyclic) bond motifs is 9. The number of piperazine rings is 1. The van der Waals surface area contributed by atoms with Gasteiger partial charge in [0.2, 0.25) is 5.91 Å². The molecule has 2 N–H and O–H groups in total. The molecule has 4 aromatic rings. The largest absolute Gasteiger partial charge is 0.464 e. The van der Waals surface area contributed by atoms with E-state index in [2.05, 4.69) is 77.1 Å². The molecule has 0 radical (unpaired) electrons. The number of morpholine rings is 1. The quantitative estimate of drug-likeness (QED) is 0.265. The zero-order valence-electron chi connectivity index (χ0n) is 35.2. The van der Waals surface area contributed by atoms with Crippen molar-refractivity contribution in [2.24, 2.45) is 17.3 Å². The highest BCUT2D eigenvalue weighted by molar-refractivity contribution is 7.10. The number of thiazole rings is 1. The average molecular weight is 837 g/mol. The summed E-state index contributed by atoms with van der Waals surface area (Å²) in [6, 6.07) is 7.69. The molecule has 2 amide bonds. The Morgan fingerprint density at radius 2 is 2.00 bits per heavy atom. The van der Waals surface area contributed by atoms with Gasteiger partial charge in [-0.2, -0.15) is 0 Å². The summed E-state index contributed by atoms with van der Waals surface area (Å²) >= 11 is 1.49. The molecule has 10 rings (SSSR count). The molecule has 6 bridgehead atoms. The number of carbonyl (C=O) groups is 3. The van der Waals surface area contributed by atoms with Crippen molar-refractivity contribution in [2.45, 2.75) is 90.1 Å². The van der Waals surface area contributed by atoms with E-state index in [-0.39, 0.29) is 36.7 Å². The van der Waals surface area contributed by atoms with E-state index in [4.69, 9.17) is 24.2 Å². The summed E-state index contributed by atoms with van der Waals surface area (Å²) in [6.07, 6.45) is 3.78. The van der Waals surface area contributed by atoms with E-state index in [0.29, 0.717) is 31.3 Å². The second kappa shape index (κ2) is 15.5. The number of pyridine rings is 1. The number of anilines is 1. The lowest BCUT2D eigenvalue weighted by Crippen LogP contribution is -2.60. The van der Waals surface area contributed by atoms with E-state index in [9.17, 15) is 14.4 Å². The third-order valence-corrected chi connectivity index (χ3v) is 14.8. The van der Waals surface area contributed by atoms with Crippen molar-refractivity contribution in [3.05, 3.63) is 52.1 Å². The van der Waals surface area contributed by atoms with Crippen LogP contribution in [0.5, 0.6) is 0 Å². The monoisotopic (exact) mass is 836 g/mol. The SMILES string of the molecule is CCn1c2c3c4cc(ccc41)-c1csc(n1)C[C@H](NC(=O)[C@H]1C[C@@H]1C)C(=O)N1CCC[C@H](N1)C(=O)OCC(C)(C)C3[C@H](OC)c1ncc(N3CCN4CCOC[C@@H]4C3)cc1-2. The lowest BCUT2D eigenvalue weighted by atomic mass is 9.67. The Bertz CT molecular complexity index is 2340. The Morgan fingerprint density at radius 3 is 2.80 bits per heavy atom. The van der Waals surface area contributed by atoms with Crippen LogP contribution in [-0.4, -0.2) is 120 Å². The summed E-state index contributed by atoms with van der Waals surface area (Å²) in [6.45, 7) is 15.1. The van der Waals surface area contributed by atoms with Gasteiger partial charge in [-0.1, -0.05) is 26.8 Å². The Morgan fingerprint density at radius 1 is 1.15 bits per heavy atom. The van der Waals surface area contributed by atoms with Crippen molar-refractivity contribution >= 4 is 45.7 Å². The van der Waals surface area contributed by atoms with Crippen LogP contribution >= 0.6 is 11.3 Å². The number of methoxy groups -OCH3 is 1. The van der Waals surface area contributed by atoms with E-state index in [1.807, 2.05) is 11.6 Å². The highest BCUT2D eigenvalue weighted by Gasteiger charge is 2.48. The molecule has 7 atom stereocenters. The number of aromatic nitrogens is 3. The van der Waals surface area contributed by atoms with Crippen molar-refractivity contribution in [2.75, 3.05) is 64.6 Å². The van der Waals surface area contributed by atoms with Crippen LogP contribution in [0, 0.1) is 17.3 Å².